The second kappa shape index (κ2) is 8.57. The lowest BCUT2D eigenvalue weighted by Gasteiger charge is -2.08. The molecule has 0 bridgehead atoms. The molecule has 0 saturated heterocycles. The van der Waals surface area contributed by atoms with Crippen LogP contribution >= 0.6 is 11.3 Å². The summed E-state index contributed by atoms with van der Waals surface area (Å²) in [5.41, 5.74) is 1.62. The van der Waals surface area contributed by atoms with Gasteiger partial charge in [-0.05, 0) is 43.2 Å². The second-order valence-electron chi connectivity index (χ2n) is 6.11. The van der Waals surface area contributed by atoms with Crippen molar-refractivity contribution >= 4 is 34.0 Å². The predicted molar refractivity (Wildman–Crippen MR) is 108 cm³/mol. The number of nitrogens with zero attached hydrogens (tertiary/aromatic N) is 3. The van der Waals surface area contributed by atoms with Crippen molar-refractivity contribution in [2.75, 3.05) is 10.6 Å². The zero-order chi connectivity index (χ0) is 20.1. The molecule has 0 atom stereocenters. The van der Waals surface area contributed by atoms with Crippen molar-refractivity contribution in [2.24, 2.45) is 0 Å². The van der Waals surface area contributed by atoms with Gasteiger partial charge in [-0.1, -0.05) is 24.3 Å². The van der Waals surface area contributed by atoms with Crippen LogP contribution in [0.4, 0.5) is 10.8 Å². The van der Waals surface area contributed by atoms with Gasteiger partial charge in [0.1, 0.15) is 11.6 Å². The van der Waals surface area contributed by atoms with Gasteiger partial charge < -0.3 is 9.88 Å². The highest BCUT2D eigenvalue weighted by Gasteiger charge is 2.11. The van der Waals surface area contributed by atoms with Crippen LogP contribution in [0, 0.1) is 6.92 Å². The maximum atomic E-state index is 12.3. The molecular weight excluding hydrogens is 378 g/mol. The van der Waals surface area contributed by atoms with Crippen LogP contribution < -0.4 is 16.2 Å². The Morgan fingerprint density at radius 1 is 1.07 bits per heavy atom. The lowest BCUT2D eigenvalue weighted by Crippen LogP contribution is -2.26. The highest BCUT2D eigenvalue weighted by atomic mass is 32.1. The van der Waals surface area contributed by atoms with Crippen LogP contribution in [0.25, 0.3) is 0 Å². The van der Waals surface area contributed by atoms with Crippen molar-refractivity contribution in [3.05, 3.63) is 69.1 Å². The molecule has 0 saturated carbocycles. The van der Waals surface area contributed by atoms with Gasteiger partial charge in [-0.3, -0.25) is 19.7 Å². The Morgan fingerprint density at radius 3 is 2.50 bits per heavy atom. The molecule has 144 valence electrons. The fourth-order valence-electron chi connectivity index (χ4n) is 2.45. The molecular formula is C19H19N5O3S. The number of amides is 2. The minimum absolute atomic E-state index is 0.0838. The van der Waals surface area contributed by atoms with Crippen molar-refractivity contribution in [3.8, 4) is 0 Å². The van der Waals surface area contributed by atoms with E-state index in [1.54, 1.807) is 36.5 Å². The van der Waals surface area contributed by atoms with Crippen LogP contribution in [0.3, 0.4) is 0 Å². The number of anilines is 2. The summed E-state index contributed by atoms with van der Waals surface area (Å²) in [6.07, 6.45) is 2.39. The summed E-state index contributed by atoms with van der Waals surface area (Å²) in [6, 6.07) is 9.59. The third kappa shape index (κ3) is 4.89. The topological polar surface area (TPSA) is 106 Å². The summed E-state index contributed by atoms with van der Waals surface area (Å²) in [7, 11) is 0. The molecule has 0 aliphatic carbocycles. The Morgan fingerprint density at radius 2 is 1.82 bits per heavy atom. The molecule has 0 unspecified atom stereocenters. The maximum absolute atomic E-state index is 12.3. The first-order chi connectivity index (χ1) is 13.4. The van der Waals surface area contributed by atoms with Crippen molar-refractivity contribution < 1.29 is 9.59 Å². The first kappa shape index (κ1) is 19.4. The van der Waals surface area contributed by atoms with Gasteiger partial charge in [-0.25, -0.2) is 0 Å². The Balaban J connectivity index is 1.60. The molecule has 0 fully saturated rings. The zero-order valence-electron chi connectivity index (χ0n) is 15.4. The maximum Gasteiger partial charge on any atom is 0.257 e. The molecule has 2 aromatic heterocycles. The number of aromatic nitrogens is 3. The number of carbonyl (C=O) groups is 2. The molecule has 3 rings (SSSR count). The van der Waals surface area contributed by atoms with Gasteiger partial charge in [0.2, 0.25) is 11.0 Å². The molecule has 1 aromatic carbocycles. The summed E-state index contributed by atoms with van der Waals surface area (Å²) < 4.78 is 1.35. The molecule has 0 spiro atoms. The van der Waals surface area contributed by atoms with Crippen LogP contribution in [0.2, 0.25) is 0 Å². The first-order valence-electron chi connectivity index (χ1n) is 8.65. The molecule has 2 heterocycles. The molecule has 2 N–H and O–H groups in total. The second-order valence-corrected chi connectivity index (χ2v) is 7.17. The highest BCUT2D eigenvalue weighted by Crippen LogP contribution is 2.17. The Kier molecular flexibility index (Phi) is 5.95. The van der Waals surface area contributed by atoms with Crippen LogP contribution in [-0.2, 0) is 17.8 Å². The van der Waals surface area contributed by atoms with E-state index in [-0.39, 0.29) is 23.9 Å². The molecule has 9 heteroatoms. The van der Waals surface area contributed by atoms with Crippen LogP contribution in [0.5, 0.6) is 0 Å². The van der Waals surface area contributed by atoms with Crippen LogP contribution in [0.15, 0.2) is 47.4 Å². The molecule has 0 radical (unpaired) electrons. The molecule has 0 aliphatic rings. The standard InChI is InChI=1S/C19H19N5O3S/c1-3-16-22-23-19(28-16)21-18(27)13-5-7-14(8-6-13)20-15(25)11-24-10-12(2)4-9-17(24)26/h4-10H,3,11H2,1-2H3,(H,20,25)(H,21,23,27). The number of benzene rings is 1. The number of pyridine rings is 1. The minimum atomic E-state index is -0.328. The van der Waals surface area contributed by atoms with E-state index >= 15 is 0 Å². The summed E-state index contributed by atoms with van der Waals surface area (Å²) in [6.45, 7) is 3.73. The molecule has 8 nitrogen and oxygen atoms in total. The van der Waals surface area contributed by atoms with Gasteiger partial charge in [0, 0.05) is 23.5 Å². The van der Waals surface area contributed by atoms with E-state index in [9.17, 15) is 14.4 Å². The van der Waals surface area contributed by atoms with Crippen LogP contribution in [0.1, 0.15) is 27.9 Å². The van der Waals surface area contributed by atoms with Crippen LogP contribution in [-0.4, -0.2) is 26.6 Å². The van der Waals surface area contributed by atoms with Gasteiger partial charge in [0.25, 0.3) is 11.5 Å². The fraction of sp³-hybridized carbons (Fsp3) is 0.211. The summed E-state index contributed by atoms with van der Waals surface area (Å²) in [4.78, 5) is 36.2. The van der Waals surface area contributed by atoms with E-state index in [4.69, 9.17) is 0 Å². The van der Waals surface area contributed by atoms with Gasteiger partial charge in [-0.2, -0.15) is 0 Å². The zero-order valence-corrected chi connectivity index (χ0v) is 16.2. The number of aryl methyl sites for hydroxylation is 2. The van der Waals surface area contributed by atoms with Gasteiger partial charge in [0.15, 0.2) is 0 Å². The monoisotopic (exact) mass is 397 g/mol. The van der Waals surface area contributed by atoms with E-state index in [0.717, 1.165) is 17.0 Å². The third-order valence-corrected chi connectivity index (χ3v) is 4.85. The third-order valence-electron chi connectivity index (χ3n) is 3.87. The SMILES string of the molecule is CCc1nnc(NC(=O)c2ccc(NC(=O)Cn3cc(C)ccc3=O)cc2)s1. The smallest absolute Gasteiger partial charge is 0.257 e. The lowest BCUT2D eigenvalue weighted by atomic mass is 10.2. The molecule has 2 amide bonds. The van der Waals surface area contributed by atoms with Gasteiger partial charge in [0.05, 0.1) is 0 Å². The summed E-state index contributed by atoms with van der Waals surface area (Å²) in [5, 5.41) is 14.6. The number of hydrogen-bond donors (Lipinski definition) is 2. The average molecular weight is 397 g/mol. The molecule has 0 aliphatic heterocycles. The van der Waals surface area contributed by atoms with Crippen molar-refractivity contribution in [1.29, 1.82) is 0 Å². The minimum Gasteiger partial charge on any atom is -0.325 e. The fourth-order valence-corrected chi connectivity index (χ4v) is 3.13. The lowest BCUT2D eigenvalue weighted by molar-refractivity contribution is -0.116. The first-order valence-corrected chi connectivity index (χ1v) is 9.47. The molecule has 28 heavy (non-hydrogen) atoms. The Bertz CT molecular complexity index is 1060. The summed E-state index contributed by atoms with van der Waals surface area (Å²) in [5.74, 6) is -0.631. The quantitative estimate of drug-likeness (QED) is 0.665. The predicted octanol–water partition coefficient (Wildman–Crippen LogP) is 2.46. The van der Waals surface area contributed by atoms with E-state index in [1.807, 2.05) is 13.8 Å². The van der Waals surface area contributed by atoms with E-state index < -0.39 is 0 Å². The summed E-state index contributed by atoms with van der Waals surface area (Å²) >= 11 is 1.33. The Hall–Kier alpha value is -3.33. The number of carbonyl (C=O) groups excluding carboxylic acids is 2. The van der Waals surface area contributed by atoms with Crippen molar-refractivity contribution in [2.45, 2.75) is 26.8 Å². The van der Waals surface area contributed by atoms with Gasteiger partial charge >= 0.3 is 0 Å². The van der Waals surface area contributed by atoms with Crippen molar-refractivity contribution in [1.82, 2.24) is 14.8 Å². The highest BCUT2D eigenvalue weighted by molar-refractivity contribution is 7.15. The van der Waals surface area contributed by atoms with E-state index in [0.29, 0.717) is 16.4 Å². The van der Waals surface area contributed by atoms with Crippen molar-refractivity contribution in [3.63, 3.8) is 0 Å². The largest absolute Gasteiger partial charge is 0.325 e. The van der Waals surface area contributed by atoms with Gasteiger partial charge in [-0.15, -0.1) is 10.2 Å². The number of nitrogens with one attached hydrogen (secondary N) is 2. The Labute approximate surface area is 165 Å². The normalized spacial score (nSPS) is 10.5. The number of rotatable bonds is 6. The number of hydrogen-bond acceptors (Lipinski definition) is 6. The van der Waals surface area contributed by atoms with E-state index in [2.05, 4.69) is 20.8 Å². The van der Waals surface area contributed by atoms with E-state index in [1.165, 1.54) is 22.0 Å². The molecule has 3 aromatic rings. The average Bonchev–Trinajstić information content (AvgIpc) is 3.13.